The maximum Gasteiger partial charge on any atom is 0.0883 e. The van der Waals surface area contributed by atoms with E-state index in [2.05, 4.69) is 337 Å². The molecule has 0 aliphatic heterocycles. The van der Waals surface area contributed by atoms with Crippen LogP contribution in [0.15, 0.2) is 328 Å². The van der Waals surface area contributed by atoms with E-state index >= 15 is 0 Å². The summed E-state index contributed by atoms with van der Waals surface area (Å²) in [4.78, 5) is 0. The lowest BCUT2D eigenvalue weighted by Gasteiger charge is -2.19. The van der Waals surface area contributed by atoms with Crippen LogP contribution in [0.3, 0.4) is 0 Å². The molecule has 0 N–H and O–H groups in total. The molecule has 17 aromatic rings. The zero-order valence-electron chi connectivity index (χ0n) is 47.5. The largest absolute Gasteiger partial charge is 0.307 e. The van der Waals surface area contributed by atoms with E-state index in [-0.39, 0.29) is 0 Å². The first-order chi connectivity index (χ1) is 43.2. The van der Waals surface area contributed by atoms with Crippen molar-refractivity contribution in [1.29, 1.82) is 0 Å². The van der Waals surface area contributed by atoms with Gasteiger partial charge in [-0.1, -0.05) is 267 Å². The summed E-state index contributed by atoms with van der Waals surface area (Å²) in [6, 6.07) is 121. The molecule has 406 valence electrons. The van der Waals surface area contributed by atoms with Gasteiger partial charge in [-0.25, -0.2) is 0 Å². The third-order valence-corrected chi connectivity index (χ3v) is 19.0. The van der Waals surface area contributed by atoms with E-state index in [1.165, 1.54) is 131 Å². The quantitative estimate of drug-likeness (QED) is 0.129. The highest BCUT2D eigenvalue weighted by Gasteiger charge is 2.26. The molecule has 0 atom stereocenters. The predicted molar refractivity (Wildman–Crippen MR) is 371 cm³/mol. The van der Waals surface area contributed by atoms with E-state index in [0.717, 1.165) is 33.4 Å². The average Bonchev–Trinajstić information content (AvgIpc) is 1.61. The van der Waals surface area contributed by atoms with Crippen LogP contribution in [0.1, 0.15) is 0 Å². The second-order valence-electron chi connectivity index (χ2n) is 22.7. The van der Waals surface area contributed by atoms with Crippen molar-refractivity contribution in [2.45, 2.75) is 0 Å². The van der Waals surface area contributed by atoms with Gasteiger partial charge in [0.25, 0.3) is 0 Å². The van der Waals surface area contributed by atoms with Crippen LogP contribution in [0, 0.1) is 0 Å². The van der Waals surface area contributed by atoms with Crippen LogP contribution in [0.2, 0.25) is 0 Å². The molecule has 0 saturated carbocycles. The van der Waals surface area contributed by atoms with Gasteiger partial charge in [0, 0.05) is 37.0 Å². The van der Waals surface area contributed by atoms with E-state index in [1.54, 1.807) is 0 Å². The summed E-state index contributed by atoms with van der Waals surface area (Å²) in [5.74, 6) is 0. The molecule has 87 heavy (non-hydrogen) atoms. The fraction of sp³-hybridized carbons (Fsp3) is 0. The summed E-state index contributed by atoms with van der Waals surface area (Å²) in [7, 11) is 0. The van der Waals surface area contributed by atoms with Gasteiger partial charge in [-0.2, -0.15) is 0 Å². The van der Waals surface area contributed by atoms with Crippen LogP contribution in [0.4, 0.5) is 0 Å². The molecule has 0 bridgehead atoms. The minimum Gasteiger partial charge on any atom is -0.307 e. The Morgan fingerprint density at radius 2 is 0.483 bits per heavy atom. The third kappa shape index (κ3) is 8.46. The Kier molecular flexibility index (Phi) is 12.1. The number of hydrogen-bond donors (Lipinski definition) is 0. The van der Waals surface area contributed by atoms with Gasteiger partial charge in [0.2, 0.25) is 0 Å². The number of fused-ring (bicyclic) bond motifs is 9. The number of hydrogen-bond acceptors (Lipinski definition) is 1. The topological polar surface area (TPSA) is 9.86 Å². The summed E-state index contributed by atoms with van der Waals surface area (Å²) >= 11 is 1.89. The van der Waals surface area contributed by atoms with E-state index in [1.807, 2.05) is 11.3 Å². The molecule has 0 spiro atoms. The average molecular weight is 1120 g/mol. The SMILES string of the molecule is c1ccc(-c2ccccc2-c2ccc3c(c2)c2cc(-c4ccccc4-c4ccccc4)ccc2n3-c2ccc3c(sc4ccccc43)c2-n2c3ccc(-c4ccccc4-c4ccccc4)cc3c3cc(-c4ccccc4-c4ccccc4)ccc32)cc1. The van der Waals surface area contributed by atoms with Crippen molar-refractivity contribution in [2.24, 2.45) is 0 Å². The van der Waals surface area contributed by atoms with E-state index < -0.39 is 0 Å². The van der Waals surface area contributed by atoms with Gasteiger partial charge in [0.05, 0.1) is 38.1 Å². The lowest BCUT2D eigenvalue weighted by molar-refractivity contribution is 1.11. The molecule has 0 unspecified atom stereocenters. The Morgan fingerprint density at radius 1 is 0.195 bits per heavy atom. The highest BCUT2D eigenvalue weighted by atomic mass is 32.1. The van der Waals surface area contributed by atoms with Crippen molar-refractivity contribution in [3.63, 3.8) is 0 Å². The molecule has 14 aromatic carbocycles. The molecule has 2 nitrogen and oxygen atoms in total. The van der Waals surface area contributed by atoms with Crippen molar-refractivity contribution in [1.82, 2.24) is 9.13 Å². The smallest absolute Gasteiger partial charge is 0.0883 e. The molecule has 0 radical (unpaired) electrons. The van der Waals surface area contributed by atoms with Gasteiger partial charge in [0.1, 0.15) is 0 Å². The van der Waals surface area contributed by atoms with Gasteiger partial charge >= 0.3 is 0 Å². The summed E-state index contributed by atoms with van der Waals surface area (Å²) in [6.45, 7) is 0. The summed E-state index contributed by atoms with van der Waals surface area (Å²) in [6.07, 6.45) is 0. The molecular formula is C84H54N2S. The Balaban J connectivity index is 0.968. The normalized spacial score (nSPS) is 11.7. The molecule has 0 fully saturated rings. The minimum absolute atomic E-state index is 1.11. The van der Waals surface area contributed by atoms with Crippen molar-refractivity contribution >= 4 is 75.1 Å². The highest BCUT2D eigenvalue weighted by molar-refractivity contribution is 7.26. The number of nitrogens with zero attached hydrogens (tertiary/aromatic N) is 2. The maximum atomic E-state index is 2.60. The Bertz CT molecular complexity index is 5220. The number of benzene rings is 14. The standard InChI is InChI=1S/C84H54N2S/c1-5-23-55(24-6-1)63-31-13-17-35-67(63)59-41-46-77-73(51-59)74-52-60(68-36-18-14-32-64(68)56-25-7-2-8-26-56)42-47-78(74)85(77)81-50-45-72-71-39-21-22-40-82(71)87-84(72)83(81)86-79-48-43-61(69-37-19-15-33-65(69)57-27-9-3-10-28-57)53-75(79)76-54-62(44-49-80(76)86)70-38-20-16-34-66(70)58-29-11-4-12-30-58/h1-54H. The molecule has 3 aromatic heterocycles. The van der Waals surface area contributed by atoms with Crippen molar-refractivity contribution in [3.05, 3.63) is 328 Å². The number of aromatic nitrogens is 2. The zero-order chi connectivity index (χ0) is 57.4. The highest BCUT2D eigenvalue weighted by Crippen LogP contribution is 2.49. The lowest BCUT2D eigenvalue weighted by atomic mass is 9.92. The predicted octanol–water partition coefficient (Wildman–Crippen LogP) is 23.6. The maximum absolute atomic E-state index is 2.60. The minimum atomic E-state index is 1.11. The van der Waals surface area contributed by atoms with Gasteiger partial charge in [-0.3, -0.25) is 0 Å². The first kappa shape index (κ1) is 50.4. The molecule has 0 saturated heterocycles. The van der Waals surface area contributed by atoms with E-state index in [4.69, 9.17) is 0 Å². The van der Waals surface area contributed by atoms with Crippen LogP contribution in [0.25, 0.3) is 164 Å². The monoisotopic (exact) mass is 1120 g/mol. The van der Waals surface area contributed by atoms with Gasteiger partial charge in [-0.05, 0) is 150 Å². The molecule has 0 aliphatic rings. The zero-order valence-corrected chi connectivity index (χ0v) is 48.3. The summed E-state index contributed by atoms with van der Waals surface area (Å²) < 4.78 is 7.67. The van der Waals surface area contributed by atoms with Gasteiger partial charge in [-0.15, -0.1) is 11.3 Å². The van der Waals surface area contributed by atoms with Gasteiger partial charge < -0.3 is 9.13 Å². The van der Waals surface area contributed by atoms with Crippen LogP contribution in [-0.2, 0) is 0 Å². The Morgan fingerprint density at radius 3 is 0.828 bits per heavy atom. The van der Waals surface area contributed by atoms with Crippen molar-refractivity contribution in [2.75, 3.05) is 0 Å². The lowest BCUT2D eigenvalue weighted by Crippen LogP contribution is -2.04. The first-order valence-corrected chi connectivity index (χ1v) is 30.7. The van der Waals surface area contributed by atoms with Crippen LogP contribution in [-0.4, -0.2) is 9.13 Å². The molecule has 3 heteroatoms. The van der Waals surface area contributed by atoms with Gasteiger partial charge in [0.15, 0.2) is 0 Å². The molecule has 0 amide bonds. The molecule has 17 rings (SSSR count). The molecular weight excluding hydrogens is 1070 g/mol. The van der Waals surface area contributed by atoms with Crippen LogP contribution >= 0.6 is 11.3 Å². The fourth-order valence-electron chi connectivity index (χ4n) is 13.8. The van der Waals surface area contributed by atoms with E-state index in [9.17, 15) is 0 Å². The summed E-state index contributed by atoms with van der Waals surface area (Å²) in [5, 5.41) is 7.27. The Hall–Kier alpha value is -11.1. The second kappa shape index (κ2) is 20.9. The third-order valence-electron chi connectivity index (χ3n) is 17.8. The fourth-order valence-corrected chi connectivity index (χ4v) is 15.0. The van der Waals surface area contributed by atoms with Crippen molar-refractivity contribution < 1.29 is 0 Å². The summed E-state index contributed by atoms with van der Waals surface area (Å²) in [5.41, 5.74) is 26.0. The van der Waals surface area contributed by atoms with E-state index in [0.29, 0.717) is 0 Å². The molecule has 3 heterocycles. The second-order valence-corrected chi connectivity index (χ2v) is 23.7. The molecule has 0 aliphatic carbocycles. The van der Waals surface area contributed by atoms with Crippen molar-refractivity contribution in [3.8, 4) is 100 Å². The number of rotatable bonds is 10. The van der Waals surface area contributed by atoms with Crippen LogP contribution < -0.4 is 0 Å². The Labute approximate surface area is 509 Å². The first-order valence-electron chi connectivity index (χ1n) is 29.9. The number of thiophene rings is 1. The van der Waals surface area contributed by atoms with Crippen LogP contribution in [0.5, 0.6) is 0 Å².